The molecule has 5 rings (SSSR count). The van der Waals surface area contributed by atoms with Crippen molar-refractivity contribution >= 4 is 74.9 Å². The number of fused-ring (bicyclic) bond motifs is 5. The number of Topliss-reactive ketones (excluding diaryl/α,β-unsaturated/α-hetero) is 1. The summed E-state index contributed by atoms with van der Waals surface area (Å²) in [5.41, 5.74) is -1.01. The van der Waals surface area contributed by atoms with Crippen molar-refractivity contribution in [3.05, 3.63) is 47.0 Å². The van der Waals surface area contributed by atoms with Gasteiger partial charge in [-0.25, -0.2) is 4.79 Å². The summed E-state index contributed by atoms with van der Waals surface area (Å²) in [7, 11) is 10.6. The first-order valence-corrected chi connectivity index (χ1v) is 26.9. The molecule has 1 aliphatic heterocycles. The van der Waals surface area contributed by atoms with Crippen LogP contribution in [-0.4, -0.2) is 59.5 Å². The number of carbonyl (C=O) groups excluding carboxylic acids is 3. The van der Waals surface area contributed by atoms with Crippen LogP contribution < -0.4 is 0 Å². The van der Waals surface area contributed by atoms with Crippen molar-refractivity contribution in [1.29, 1.82) is 0 Å². The maximum Gasteiger partial charge on any atom is 0.338 e. The van der Waals surface area contributed by atoms with E-state index in [0.717, 1.165) is 11.1 Å². The maximum atomic E-state index is 15.3. The highest BCUT2D eigenvalue weighted by atomic mass is 33.0. The Balaban J connectivity index is 1.79. The quantitative estimate of drug-likeness (QED) is 0.172. The number of carbonyl (C=O) groups is 3. The summed E-state index contributed by atoms with van der Waals surface area (Å²) in [6.07, 6.45) is -2.16. The molecule has 3 aliphatic carbocycles. The van der Waals surface area contributed by atoms with Gasteiger partial charge in [0.15, 0.2) is 5.60 Å². The van der Waals surface area contributed by atoms with Crippen molar-refractivity contribution in [3.8, 4) is 0 Å². The molecule has 1 aromatic carbocycles. The Morgan fingerprint density at radius 2 is 1.67 bits per heavy atom. The molecule has 0 amide bonds. The molecule has 45 heavy (non-hydrogen) atoms. The third-order valence-electron chi connectivity index (χ3n) is 10.6. The number of benzene rings is 1. The molecule has 1 heterocycles. The van der Waals surface area contributed by atoms with Crippen LogP contribution in [0.2, 0.25) is 0 Å². The lowest BCUT2D eigenvalue weighted by Gasteiger charge is -2.66. The van der Waals surface area contributed by atoms with Crippen LogP contribution >= 0.6 is 57.2 Å². The van der Waals surface area contributed by atoms with E-state index in [2.05, 4.69) is 49.6 Å². The molecule has 5 unspecified atom stereocenters. The lowest BCUT2D eigenvalue weighted by Crippen LogP contribution is -2.79. The van der Waals surface area contributed by atoms with Gasteiger partial charge in [0.1, 0.15) is 18.0 Å². The second-order valence-electron chi connectivity index (χ2n) is 13.4. The molecular weight excluding hydrogens is 705 g/mol. The molecule has 1 aromatic rings. The number of aliphatic hydroxyl groups excluding tert-OH is 1. The Morgan fingerprint density at radius 1 is 1.04 bits per heavy atom. The minimum atomic E-state index is -1.22. The van der Waals surface area contributed by atoms with Gasteiger partial charge in [-0.05, 0) is 57.4 Å². The predicted octanol–water partition coefficient (Wildman–Crippen LogP) is 7.62. The number of hydrogen-bond acceptors (Lipinski definition) is 8. The highest BCUT2D eigenvalue weighted by molar-refractivity contribution is 8.96. The third-order valence-corrected chi connectivity index (χ3v) is 33.1. The summed E-state index contributed by atoms with van der Waals surface area (Å²) >= 11 is 0. The molecular formula is C30H45O8P7. The van der Waals surface area contributed by atoms with Crippen LogP contribution in [0.25, 0.3) is 0 Å². The van der Waals surface area contributed by atoms with Crippen LogP contribution in [-0.2, 0) is 28.3 Å². The first kappa shape index (κ1) is 36.7. The summed E-state index contributed by atoms with van der Waals surface area (Å²) in [4.78, 5) is 42.1. The van der Waals surface area contributed by atoms with Crippen LogP contribution in [0.4, 0.5) is 0 Å². The van der Waals surface area contributed by atoms with Gasteiger partial charge in [-0.1, -0.05) is 44.5 Å². The van der Waals surface area contributed by atoms with E-state index in [1.807, 2.05) is 26.8 Å². The van der Waals surface area contributed by atoms with Crippen molar-refractivity contribution in [2.24, 2.45) is 28.6 Å². The highest BCUT2D eigenvalue weighted by Gasteiger charge is 2.75. The smallest absolute Gasteiger partial charge is 0.338 e. The van der Waals surface area contributed by atoms with Gasteiger partial charge in [-0.3, -0.25) is 9.59 Å². The largest absolute Gasteiger partial charge is 0.458 e. The SMILES string of the molecule is CC(=O)O[C@@]12CO[C@@H]1C[C@H](OP(P(P)P)P(P)P)[C@@]1(C)C(=O)[C@H](C)C3=C(C)[C@@H](O)CC([C@@H](OC(=O)c4ccccc4)[C@H]21)C3(C)C. The number of aliphatic hydroxyl groups is 1. The predicted molar refractivity (Wildman–Crippen MR) is 195 cm³/mol. The zero-order valence-electron chi connectivity index (χ0n) is 26.5. The van der Waals surface area contributed by atoms with Crippen molar-refractivity contribution in [2.45, 2.75) is 84.4 Å². The molecule has 13 atom stereocenters. The molecule has 2 saturated carbocycles. The normalized spacial score (nSPS) is 37.4. The number of ketones is 1. The zero-order valence-corrected chi connectivity index (χ0v) is 33.8. The summed E-state index contributed by atoms with van der Waals surface area (Å²) < 4.78 is 26.1. The third kappa shape index (κ3) is 6.23. The average molecular weight is 751 g/mol. The molecule has 4 aliphatic rings. The van der Waals surface area contributed by atoms with E-state index in [-0.39, 0.29) is 12.4 Å². The van der Waals surface area contributed by atoms with E-state index in [1.165, 1.54) is 6.92 Å². The van der Waals surface area contributed by atoms with Crippen LogP contribution in [0.5, 0.6) is 0 Å². The Hall–Kier alpha value is 0.460. The molecule has 0 spiro atoms. The molecule has 8 nitrogen and oxygen atoms in total. The fraction of sp³-hybridized carbons (Fsp3) is 0.633. The standard InChI is InChI=1S/C30H45O8P7/c1-15-20(32)12-19-24(36-27(34)18-10-8-7-9-11-18)25-29(6,26(33)16(2)23(15)28(19,4)5)21(38-43(44(39)40)45(41)42)13-22-30(25,14-35-22)37-17(3)31/h7-11,16,19-22,24-25,32H,12-14,39-42H2,1-6H3/t16-,19?,20+,21+,22-,24-,25+,29-,30+/m1/s1. The Kier molecular flexibility index (Phi) is 11.1. The lowest BCUT2D eigenvalue weighted by atomic mass is 9.45. The summed E-state index contributed by atoms with van der Waals surface area (Å²) in [6.45, 7) is 10.1. The van der Waals surface area contributed by atoms with E-state index in [4.69, 9.17) is 18.7 Å². The molecule has 1 N–H and O–H groups in total. The monoisotopic (exact) mass is 750 g/mol. The van der Waals surface area contributed by atoms with Crippen molar-refractivity contribution < 1.29 is 38.2 Å². The van der Waals surface area contributed by atoms with E-state index >= 15 is 4.79 Å². The van der Waals surface area contributed by atoms with E-state index in [1.54, 1.807) is 24.3 Å². The van der Waals surface area contributed by atoms with E-state index < -0.39 is 92.0 Å². The summed E-state index contributed by atoms with van der Waals surface area (Å²) in [6, 6.07) is 8.78. The van der Waals surface area contributed by atoms with E-state index in [9.17, 15) is 14.7 Å². The number of allylic oxidation sites excluding steroid dienone is 1. The lowest BCUT2D eigenvalue weighted by molar-refractivity contribution is -0.332. The van der Waals surface area contributed by atoms with Gasteiger partial charge in [0.2, 0.25) is 0 Å². The Morgan fingerprint density at radius 3 is 2.20 bits per heavy atom. The fourth-order valence-electron chi connectivity index (χ4n) is 8.71. The van der Waals surface area contributed by atoms with Gasteiger partial charge >= 0.3 is 11.9 Å². The van der Waals surface area contributed by atoms with Crippen LogP contribution in [0.1, 0.15) is 64.7 Å². The Bertz CT molecular complexity index is 1370. The van der Waals surface area contributed by atoms with Gasteiger partial charge in [0, 0.05) is 25.2 Å². The number of ether oxygens (including phenoxy) is 3. The topological polar surface area (TPSA) is 108 Å². The number of esters is 2. The van der Waals surface area contributed by atoms with E-state index in [0.29, 0.717) is 18.4 Å². The zero-order chi connectivity index (χ0) is 33.2. The first-order valence-electron chi connectivity index (χ1n) is 15.0. The number of rotatable bonds is 7. The van der Waals surface area contributed by atoms with Crippen molar-refractivity contribution in [3.63, 3.8) is 0 Å². The molecule has 248 valence electrons. The number of hydrogen-bond donors (Lipinski definition) is 1. The van der Waals surface area contributed by atoms with Crippen molar-refractivity contribution in [2.75, 3.05) is 6.61 Å². The van der Waals surface area contributed by atoms with Crippen LogP contribution in [0.15, 0.2) is 41.5 Å². The average Bonchev–Trinajstić information content (AvgIpc) is 2.95. The second kappa shape index (κ2) is 13.6. The molecule has 3 fully saturated rings. The molecule has 0 aromatic heterocycles. The van der Waals surface area contributed by atoms with Gasteiger partial charge in [0.05, 0.1) is 43.2 Å². The summed E-state index contributed by atoms with van der Waals surface area (Å²) in [5, 5.41) is 11.5. The molecule has 15 heteroatoms. The maximum absolute atomic E-state index is 15.3. The van der Waals surface area contributed by atoms with Crippen LogP contribution in [0.3, 0.4) is 0 Å². The second-order valence-corrected chi connectivity index (χ2v) is 37.1. The summed E-state index contributed by atoms with van der Waals surface area (Å²) in [5.74, 6) is -2.81. The highest BCUT2D eigenvalue weighted by Crippen LogP contribution is 2.98. The molecule has 2 bridgehead atoms. The minimum absolute atomic E-state index is 0.0613. The first-order chi connectivity index (χ1) is 21.0. The van der Waals surface area contributed by atoms with Gasteiger partial charge in [-0.2, -0.15) is 0 Å². The van der Waals surface area contributed by atoms with Crippen LogP contribution in [0, 0.1) is 28.6 Å². The molecule has 1 saturated heterocycles. The minimum Gasteiger partial charge on any atom is -0.458 e. The van der Waals surface area contributed by atoms with Gasteiger partial charge < -0.3 is 23.8 Å². The Labute approximate surface area is 278 Å². The molecule has 0 radical (unpaired) electrons. The van der Waals surface area contributed by atoms with Crippen molar-refractivity contribution in [1.82, 2.24) is 0 Å². The fourth-order valence-corrected chi connectivity index (χ4v) is 41.6. The van der Waals surface area contributed by atoms with Gasteiger partial charge in [0.25, 0.3) is 0 Å². The van der Waals surface area contributed by atoms with Gasteiger partial charge in [-0.15, -0.1) is 35.7 Å².